The average molecular weight is 1100 g/mol. The number of amides is 2. The van der Waals surface area contributed by atoms with E-state index in [2.05, 4.69) is 21.9 Å². The topological polar surface area (TPSA) is 174 Å². The molecule has 4 aromatic carbocycles. The van der Waals surface area contributed by atoms with Gasteiger partial charge in [-0.15, -0.1) is 0 Å². The van der Waals surface area contributed by atoms with Crippen molar-refractivity contribution in [3.8, 4) is 45.3 Å². The first kappa shape index (κ1) is 57.0. The Morgan fingerprint density at radius 3 is 1.42 bits per heavy atom. The van der Waals surface area contributed by atoms with Gasteiger partial charge in [-0.3, -0.25) is 0 Å². The highest BCUT2D eigenvalue weighted by Gasteiger charge is 2.36. The van der Waals surface area contributed by atoms with E-state index in [4.69, 9.17) is 97.1 Å². The van der Waals surface area contributed by atoms with Crippen LogP contribution in [0.4, 0.5) is 9.59 Å². The SMILES string of the molecule is COc1cc(OC)c(Cl)c(-c2ccc3nc(C[C@H]4C[C@@H](C)N(C(=O)OC(C)(C)C)C4)ncc3c2)c1Cl.COc1cc(OC)c(Cl)c(-c2ccc3nc(Cl)ncc3c2)c1Cl.C[C@@H]1C[C@H](N)CN1C(=O)OC(C)(C)C. The van der Waals surface area contributed by atoms with Gasteiger partial charge in [0.15, 0.2) is 0 Å². The molecule has 2 amide bonds. The van der Waals surface area contributed by atoms with E-state index in [0.717, 1.165) is 51.6 Å². The fraction of sp³-hybridized carbons (Fsp3) is 0.434. The van der Waals surface area contributed by atoms with Crippen molar-refractivity contribution < 1.29 is 38.0 Å². The van der Waals surface area contributed by atoms with Crippen LogP contribution >= 0.6 is 58.0 Å². The molecule has 2 aromatic heterocycles. The summed E-state index contributed by atoms with van der Waals surface area (Å²) in [6.07, 6.45) is 5.37. The lowest BCUT2D eigenvalue weighted by Crippen LogP contribution is -2.39. The minimum Gasteiger partial charge on any atom is -0.495 e. The molecule has 0 radical (unpaired) electrons. The highest BCUT2D eigenvalue weighted by molar-refractivity contribution is 6.42. The normalized spacial score (nSPS) is 17.6. The standard InChI is InChI=1S/C27H31Cl2N3O4.C16H11Cl3N2O2.C10H20N2O2/c1-15-9-16(14-32(15)26(33)36-27(2,3)4)10-22-30-13-18-11-17(7-8-19(18)31-22)23-24(28)20(34-5)12-21(35-6)25(23)29;1-22-11-6-12(23-2)15(18)13(14(11)17)8-3-4-10-9(5-8)7-20-16(19)21-10;1-7-5-8(11)6-12(7)9(13)14-10(2,3)4/h7-8,11-13,15-16H,9-10,14H2,1-6H3;3-7H,1-2H3;7-8H,5-6,11H2,1-4H3/t15-,16-;;7-,8+/m1.1/s1. The second-order valence-corrected chi connectivity index (χ2v) is 21.7. The Kier molecular flexibility index (Phi) is 18.7. The number of nitrogens with zero attached hydrogens (tertiary/aromatic N) is 6. The first-order chi connectivity index (χ1) is 34.3. The molecule has 0 saturated carbocycles. The third-order valence-corrected chi connectivity index (χ3v) is 13.6. The van der Waals surface area contributed by atoms with Crippen molar-refractivity contribution in [1.82, 2.24) is 29.7 Å². The molecule has 2 saturated heterocycles. The van der Waals surface area contributed by atoms with E-state index in [1.165, 1.54) is 14.2 Å². The highest BCUT2D eigenvalue weighted by Crippen LogP contribution is 2.48. The van der Waals surface area contributed by atoms with Crippen LogP contribution in [-0.4, -0.2) is 113 Å². The number of methoxy groups -OCH3 is 4. The summed E-state index contributed by atoms with van der Waals surface area (Å²) < 4.78 is 32.2. The van der Waals surface area contributed by atoms with Crippen LogP contribution in [0.2, 0.25) is 25.4 Å². The van der Waals surface area contributed by atoms with Crippen LogP contribution < -0.4 is 24.7 Å². The molecule has 0 bridgehead atoms. The van der Waals surface area contributed by atoms with Crippen LogP contribution in [0.25, 0.3) is 44.1 Å². The average Bonchev–Trinajstić information content (AvgIpc) is 3.87. The van der Waals surface area contributed by atoms with Gasteiger partial charge in [0.25, 0.3) is 0 Å². The van der Waals surface area contributed by atoms with Gasteiger partial charge in [-0.2, -0.15) is 0 Å². The van der Waals surface area contributed by atoms with Crippen molar-refractivity contribution in [3.05, 3.63) is 92.1 Å². The Labute approximate surface area is 451 Å². The maximum Gasteiger partial charge on any atom is 0.410 e. The number of ether oxygens (including phenoxy) is 6. The molecule has 2 N–H and O–H groups in total. The second kappa shape index (κ2) is 23.9. The molecule has 6 aromatic rings. The van der Waals surface area contributed by atoms with Gasteiger partial charge in [-0.1, -0.05) is 58.5 Å². The maximum atomic E-state index is 12.6. The van der Waals surface area contributed by atoms with E-state index < -0.39 is 11.2 Å². The molecule has 4 heterocycles. The van der Waals surface area contributed by atoms with E-state index in [-0.39, 0.29) is 41.5 Å². The van der Waals surface area contributed by atoms with Gasteiger partial charge in [0.05, 0.1) is 59.6 Å². The summed E-state index contributed by atoms with van der Waals surface area (Å²) in [6, 6.07) is 15.1. The molecule has 2 fully saturated rings. The van der Waals surface area contributed by atoms with Gasteiger partial charge >= 0.3 is 12.2 Å². The first-order valence-electron chi connectivity index (χ1n) is 23.5. The maximum absolute atomic E-state index is 12.6. The zero-order valence-electron chi connectivity index (χ0n) is 43.0. The Balaban J connectivity index is 0.000000200. The number of halogens is 5. The summed E-state index contributed by atoms with van der Waals surface area (Å²) in [5.41, 5.74) is 9.24. The number of likely N-dealkylation sites (tertiary alicyclic amines) is 2. The van der Waals surface area contributed by atoms with Gasteiger partial charge < -0.3 is 44.0 Å². The van der Waals surface area contributed by atoms with Gasteiger partial charge in [0.2, 0.25) is 5.28 Å². The van der Waals surface area contributed by atoms with Gasteiger partial charge in [0, 0.05) is 84.1 Å². The smallest absolute Gasteiger partial charge is 0.410 e. The lowest BCUT2D eigenvalue weighted by Gasteiger charge is -2.27. The Hall–Kier alpha value is -5.29. The van der Waals surface area contributed by atoms with E-state index in [9.17, 15) is 9.59 Å². The van der Waals surface area contributed by atoms with Crippen LogP contribution in [0, 0.1) is 5.92 Å². The summed E-state index contributed by atoms with van der Waals surface area (Å²) >= 11 is 31.9. The molecule has 2 aliphatic rings. The minimum atomic E-state index is -0.514. The van der Waals surface area contributed by atoms with E-state index in [0.29, 0.717) is 73.7 Å². The number of fused-ring (bicyclic) bond motifs is 2. The van der Waals surface area contributed by atoms with Crippen molar-refractivity contribution in [2.75, 3.05) is 41.5 Å². The van der Waals surface area contributed by atoms with Crippen LogP contribution in [0.3, 0.4) is 0 Å². The van der Waals surface area contributed by atoms with Crippen LogP contribution in [-0.2, 0) is 15.9 Å². The Morgan fingerprint density at radius 1 is 0.603 bits per heavy atom. The largest absolute Gasteiger partial charge is 0.495 e. The predicted molar refractivity (Wildman–Crippen MR) is 290 cm³/mol. The minimum absolute atomic E-state index is 0.0949. The summed E-state index contributed by atoms with van der Waals surface area (Å²) in [7, 11) is 6.17. The van der Waals surface area contributed by atoms with Gasteiger partial charge in [-0.05, 0) is 121 Å². The number of aromatic nitrogens is 4. The molecule has 0 unspecified atom stereocenters. The third-order valence-electron chi connectivity index (χ3n) is 11.9. The number of carbonyl (C=O) groups excluding carboxylic acids is 2. The summed E-state index contributed by atoms with van der Waals surface area (Å²) in [5.74, 6) is 2.94. The molecular formula is C53H62Cl5N7O8. The molecule has 20 heteroatoms. The van der Waals surface area contributed by atoms with Crippen molar-refractivity contribution in [2.24, 2.45) is 11.7 Å². The van der Waals surface area contributed by atoms with Crippen molar-refractivity contribution in [3.63, 3.8) is 0 Å². The van der Waals surface area contributed by atoms with Crippen molar-refractivity contribution in [1.29, 1.82) is 0 Å². The monoisotopic (exact) mass is 1100 g/mol. The quantitative estimate of drug-likeness (QED) is 0.143. The van der Waals surface area contributed by atoms with Crippen LogP contribution in [0.5, 0.6) is 23.0 Å². The lowest BCUT2D eigenvalue weighted by molar-refractivity contribution is 0.0224. The van der Waals surface area contributed by atoms with Crippen molar-refractivity contribution in [2.45, 2.75) is 104 Å². The molecule has 392 valence electrons. The summed E-state index contributed by atoms with van der Waals surface area (Å²) in [4.78, 5) is 45.3. The van der Waals surface area contributed by atoms with Gasteiger partial charge in [-0.25, -0.2) is 29.5 Å². The second-order valence-electron chi connectivity index (χ2n) is 19.8. The molecule has 0 spiro atoms. The Morgan fingerprint density at radius 2 is 1.01 bits per heavy atom. The van der Waals surface area contributed by atoms with Gasteiger partial charge in [0.1, 0.15) is 40.0 Å². The Bertz CT molecular complexity index is 2910. The molecule has 0 aliphatic carbocycles. The van der Waals surface area contributed by atoms with E-state index in [1.54, 1.807) is 42.3 Å². The van der Waals surface area contributed by atoms with Crippen molar-refractivity contribution >= 4 is 92.0 Å². The highest BCUT2D eigenvalue weighted by atomic mass is 35.5. The van der Waals surface area contributed by atoms with E-state index in [1.807, 2.05) is 91.1 Å². The molecule has 8 rings (SSSR count). The predicted octanol–water partition coefficient (Wildman–Crippen LogP) is 13.4. The molecule has 73 heavy (non-hydrogen) atoms. The third kappa shape index (κ3) is 14.1. The summed E-state index contributed by atoms with van der Waals surface area (Å²) in [6.45, 7) is 16.5. The number of carbonyl (C=O) groups is 2. The lowest BCUT2D eigenvalue weighted by atomic mass is 10.0. The number of benzene rings is 4. The fourth-order valence-corrected chi connectivity index (χ4v) is 10.1. The zero-order chi connectivity index (χ0) is 53.7. The van der Waals surface area contributed by atoms with E-state index >= 15 is 0 Å². The van der Waals surface area contributed by atoms with Crippen LogP contribution in [0.1, 0.15) is 74.1 Å². The first-order valence-corrected chi connectivity index (χ1v) is 25.4. The fourth-order valence-electron chi connectivity index (χ4n) is 8.54. The number of nitrogens with two attached hydrogens (primary N) is 1. The number of hydrogen-bond acceptors (Lipinski definition) is 13. The summed E-state index contributed by atoms with van der Waals surface area (Å²) in [5, 5.41) is 3.51. The molecular weight excluding hydrogens is 1040 g/mol. The zero-order valence-corrected chi connectivity index (χ0v) is 46.8. The number of rotatable bonds is 8. The van der Waals surface area contributed by atoms with Crippen LogP contribution in [0.15, 0.2) is 60.9 Å². The molecule has 15 nitrogen and oxygen atoms in total. The molecule has 4 atom stereocenters. The number of hydrogen-bond donors (Lipinski definition) is 1. The molecule has 2 aliphatic heterocycles.